The zero-order chi connectivity index (χ0) is 27.0. The molecule has 1 aromatic heterocycles. The Hall–Kier alpha value is -4.93. The van der Waals surface area contributed by atoms with Gasteiger partial charge in [-0.15, -0.1) is 0 Å². The molecule has 0 amide bonds. The van der Waals surface area contributed by atoms with Gasteiger partial charge in [0.05, 0.1) is 22.2 Å². The van der Waals surface area contributed by atoms with E-state index >= 15 is 0 Å². The van der Waals surface area contributed by atoms with Crippen LogP contribution in [0, 0.1) is 6.92 Å². The van der Waals surface area contributed by atoms with Crippen LogP contribution in [0.4, 0.5) is 5.69 Å². The number of hydrogen-bond donors (Lipinski definition) is 5. The normalized spacial score (nSPS) is 19.7. The van der Waals surface area contributed by atoms with Crippen LogP contribution in [0.2, 0.25) is 0 Å². The number of ketones is 3. The molecular weight excluding hydrogens is 482 g/mol. The number of H-pyrrole nitrogens is 2. The molecule has 2 aliphatic rings. The fraction of sp³-hybridized carbons (Fsp3) is 0.192. The van der Waals surface area contributed by atoms with Crippen LogP contribution in [-0.2, 0) is 15.0 Å². The number of aromatic hydroxyl groups is 2. The Kier molecular flexibility index (Phi) is 5.01. The number of aromatic amines is 2. The fourth-order valence-corrected chi connectivity index (χ4v) is 4.83. The van der Waals surface area contributed by atoms with E-state index < -0.39 is 45.4 Å². The van der Waals surface area contributed by atoms with Gasteiger partial charge in [-0.3, -0.25) is 24.0 Å². The van der Waals surface area contributed by atoms with E-state index in [-0.39, 0.29) is 39.5 Å². The topological polar surface area (TPSA) is 179 Å². The lowest BCUT2D eigenvalue weighted by atomic mass is 9.70. The fourth-order valence-electron chi connectivity index (χ4n) is 4.83. The van der Waals surface area contributed by atoms with Crippen molar-refractivity contribution in [2.45, 2.75) is 33.1 Å². The van der Waals surface area contributed by atoms with Gasteiger partial charge in [0.25, 0.3) is 0 Å². The summed E-state index contributed by atoms with van der Waals surface area (Å²) in [5.41, 5.74) is -2.32. The van der Waals surface area contributed by atoms with Gasteiger partial charge in [0.15, 0.2) is 17.3 Å². The lowest BCUT2D eigenvalue weighted by molar-refractivity contribution is -0.123. The third-order valence-electron chi connectivity index (χ3n) is 6.81. The SMILES string of the molecule is CC(=O)c1c(O)c(C)c(O)c2c1OC1=CC(=O)C(=C(C)Nc3ccc4[nH]c(=O)c(=O)[nH]c4c3)C(=O)C12C. The molecule has 2 heterocycles. The van der Waals surface area contributed by atoms with Crippen molar-refractivity contribution >= 4 is 34.1 Å². The molecule has 1 atom stereocenters. The number of anilines is 1. The molecule has 3 aromatic rings. The smallest absolute Gasteiger partial charge is 0.314 e. The number of phenols is 2. The predicted octanol–water partition coefficient (Wildman–Crippen LogP) is 2.21. The molecule has 1 aliphatic heterocycles. The molecule has 11 nitrogen and oxygen atoms in total. The Morgan fingerprint density at radius 3 is 2.30 bits per heavy atom. The second kappa shape index (κ2) is 7.79. The van der Waals surface area contributed by atoms with Crippen molar-refractivity contribution in [3.63, 3.8) is 0 Å². The average Bonchev–Trinajstić information content (AvgIpc) is 3.11. The van der Waals surface area contributed by atoms with E-state index in [2.05, 4.69) is 15.3 Å². The van der Waals surface area contributed by atoms with E-state index in [1.807, 2.05) is 0 Å². The standard InChI is InChI=1S/C26H21N3O8/c1-9-20(32)18(11(3)30)22-19(21(9)33)26(4)16(37-22)8-15(31)17(23(26)34)10(2)27-12-5-6-13-14(7-12)29-25(36)24(35)28-13/h5-8,27,32-33H,1-4H3,(H,28,35)(H,29,36). The molecule has 1 unspecified atom stereocenters. The number of fused-ring (bicyclic) bond motifs is 4. The van der Waals surface area contributed by atoms with E-state index in [9.17, 15) is 34.2 Å². The van der Waals surface area contributed by atoms with Crippen LogP contribution >= 0.6 is 0 Å². The highest BCUT2D eigenvalue weighted by molar-refractivity contribution is 6.31. The number of allylic oxidation sites excluding steroid dienone is 4. The minimum Gasteiger partial charge on any atom is -0.507 e. The number of benzene rings is 2. The van der Waals surface area contributed by atoms with Gasteiger partial charge in [-0.2, -0.15) is 0 Å². The third-order valence-corrected chi connectivity index (χ3v) is 6.81. The average molecular weight is 503 g/mol. The second-order valence-electron chi connectivity index (χ2n) is 9.18. The Morgan fingerprint density at radius 1 is 1.00 bits per heavy atom. The number of aromatic nitrogens is 2. The van der Waals surface area contributed by atoms with Crippen molar-refractivity contribution in [1.29, 1.82) is 0 Å². The van der Waals surface area contributed by atoms with Crippen LogP contribution < -0.4 is 21.2 Å². The maximum absolute atomic E-state index is 13.9. The zero-order valence-corrected chi connectivity index (χ0v) is 20.2. The van der Waals surface area contributed by atoms with Gasteiger partial charge in [0, 0.05) is 23.0 Å². The molecular formula is C26H21N3O8. The summed E-state index contributed by atoms with van der Waals surface area (Å²) in [6.07, 6.45) is 1.13. The van der Waals surface area contributed by atoms with Crippen LogP contribution in [0.1, 0.15) is 42.3 Å². The van der Waals surface area contributed by atoms with Gasteiger partial charge in [0.2, 0.25) is 0 Å². The summed E-state index contributed by atoms with van der Waals surface area (Å²) < 4.78 is 5.75. The van der Waals surface area contributed by atoms with Crippen molar-refractivity contribution in [2.75, 3.05) is 5.32 Å². The molecule has 2 aromatic carbocycles. The van der Waals surface area contributed by atoms with E-state index in [0.717, 1.165) is 6.08 Å². The number of carbonyl (C=O) groups is 3. The monoisotopic (exact) mass is 503 g/mol. The molecule has 11 heteroatoms. The van der Waals surface area contributed by atoms with Crippen LogP contribution in [0.5, 0.6) is 17.2 Å². The van der Waals surface area contributed by atoms with E-state index in [4.69, 9.17) is 4.74 Å². The van der Waals surface area contributed by atoms with Gasteiger partial charge in [-0.05, 0) is 45.9 Å². The maximum atomic E-state index is 13.9. The summed E-state index contributed by atoms with van der Waals surface area (Å²) in [4.78, 5) is 67.4. The molecule has 0 saturated carbocycles. The predicted molar refractivity (Wildman–Crippen MR) is 132 cm³/mol. The highest BCUT2D eigenvalue weighted by atomic mass is 16.5. The Morgan fingerprint density at radius 2 is 1.65 bits per heavy atom. The van der Waals surface area contributed by atoms with Crippen LogP contribution in [0.3, 0.4) is 0 Å². The minimum atomic E-state index is -1.64. The lowest BCUT2D eigenvalue weighted by Crippen LogP contribution is -2.40. The summed E-state index contributed by atoms with van der Waals surface area (Å²) in [5.74, 6) is -2.97. The summed E-state index contributed by atoms with van der Waals surface area (Å²) in [5, 5.41) is 24.3. The molecule has 0 bridgehead atoms. The number of carbonyl (C=O) groups excluding carboxylic acids is 3. The summed E-state index contributed by atoms with van der Waals surface area (Å²) in [7, 11) is 0. The van der Waals surface area contributed by atoms with Crippen molar-refractivity contribution < 1.29 is 29.3 Å². The van der Waals surface area contributed by atoms with Crippen molar-refractivity contribution in [3.8, 4) is 17.2 Å². The molecule has 1 aliphatic carbocycles. The van der Waals surface area contributed by atoms with Crippen LogP contribution in [0.15, 0.2) is 50.9 Å². The zero-order valence-electron chi connectivity index (χ0n) is 20.2. The van der Waals surface area contributed by atoms with Crippen molar-refractivity contribution in [2.24, 2.45) is 0 Å². The number of Topliss-reactive ketones (excluding diaryl/α,β-unsaturated/α-hetero) is 2. The molecule has 37 heavy (non-hydrogen) atoms. The first-order chi connectivity index (χ1) is 17.4. The molecule has 0 saturated heterocycles. The highest BCUT2D eigenvalue weighted by Crippen LogP contribution is 2.57. The van der Waals surface area contributed by atoms with Gasteiger partial charge in [-0.1, -0.05) is 0 Å². The quantitative estimate of drug-likeness (QED) is 0.155. The molecule has 188 valence electrons. The highest BCUT2D eigenvalue weighted by Gasteiger charge is 2.56. The van der Waals surface area contributed by atoms with Gasteiger partial charge < -0.3 is 30.2 Å². The lowest BCUT2D eigenvalue weighted by Gasteiger charge is -2.29. The van der Waals surface area contributed by atoms with Crippen LogP contribution in [-0.4, -0.2) is 37.5 Å². The Bertz CT molecular complexity index is 1790. The molecule has 0 fully saturated rings. The number of phenolic OH excluding ortho intramolecular Hbond substituents is 2. The van der Waals surface area contributed by atoms with Gasteiger partial charge >= 0.3 is 11.1 Å². The summed E-state index contributed by atoms with van der Waals surface area (Å²) in [6.45, 7) is 5.62. The third kappa shape index (κ3) is 3.24. The maximum Gasteiger partial charge on any atom is 0.314 e. The molecule has 5 N–H and O–H groups in total. The number of nitrogens with one attached hydrogen (secondary N) is 3. The number of ether oxygens (including phenoxy) is 1. The molecule has 5 rings (SSSR count). The summed E-state index contributed by atoms with van der Waals surface area (Å²) >= 11 is 0. The molecule has 0 radical (unpaired) electrons. The first-order valence-corrected chi connectivity index (χ1v) is 11.2. The Labute approximate surface area is 208 Å². The van der Waals surface area contributed by atoms with E-state index in [1.165, 1.54) is 33.8 Å². The van der Waals surface area contributed by atoms with E-state index in [1.54, 1.807) is 12.1 Å². The largest absolute Gasteiger partial charge is 0.507 e. The Balaban J connectivity index is 1.64. The van der Waals surface area contributed by atoms with Gasteiger partial charge in [-0.25, -0.2) is 0 Å². The summed E-state index contributed by atoms with van der Waals surface area (Å²) in [6, 6.07) is 4.67. The molecule has 0 spiro atoms. The van der Waals surface area contributed by atoms with Crippen LogP contribution in [0.25, 0.3) is 11.0 Å². The minimum absolute atomic E-state index is 0.00305. The van der Waals surface area contributed by atoms with E-state index in [0.29, 0.717) is 16.7 Å². The van der Waals surface area contributed by atoms with Crippen molar-refractivity contribution in [3.05, 3.63) is 78.7 Å². The van der Waals surface area contributed by atoms with Gasteiger partial charge in [0.1, 0.15) is 34.0 Å². The first kappa shape index (κ1) is 23.8. The first-order valence-electron chi connectivity index (χ1n) is 11.2. The number of hydrogen-bond acceptors (Lipinski definition) is 9. The van der Waals surface area contributed by atoms with Crippen molar-refractivity contribution in [1.82, 2.24) is 9.97 Å². The second-order valence-corrected chi connectivity index (χ2v) is 9.18. The number of rotatable bonds is 3.